The van der Waals surface area contributed by atoms with E-state index in [1.54, 1.807) is 27.0 Å². The van der Waals surface area contributed by atoms with Crippen molar-refractivity contribution >= 4 is 23.8 Å². The third-order valence-electron chi connectivity index (χ3n) is 11.9. The monoisotopic (exact) mass is 802 g/mol. The maximum absolute atomic E-state index is 14.3. The average molecular weight is 803 g/mol. The van der Waals surface area contributed by atoms with Crippen molar-refractivity contribution in [1.29, 1.82) is 0 Å². The molecule has 3 heterocycles. The molecule has 14 atom stereocenters. The smallest absolute Gasteiger partial charge is 0.458 e. The van der Waals surface area contributed by atoms with Crippen molar-refractivity contribution in [3.05, 3.63) is 48.6 Å². The van der Waals surface area contributed by atoms with E-state index in [0.29, 0.717) is 25.0 Å². The molecule has 4 rings (SSSR count). The SMILES string of the molecule is C=CCO[C@H]1[C@H](C)[C@@H](O[C@@H]2O[C@H](C)C[C@H](N(C)C)[C@H]2OC(C)=O)[C@](C)(OC)C[C@@H](C)/C(=N\OCc2ccccc2)[C@H](C)[C@H]2OC(=O)O[C@]2(C)[C@@H](CC)OC(=O)[C@@H]1C. The Morgan fingerprint density at radius 1 is 1.04 bits per heavy atom. The quantitative estimate of drug-likeness (QED) is 0.0983. The summed E-state index contributed by atoms with van der Waals surface area (Å²) >= 11 is 0. The van der Waals surface area contributed by atoms with Gasteiger partial charge in [-0.1, -0.05) is 69.3 Å². The molecule has 14 nitrogen and oxygen atoms in total. The summed E-state index contributed by atoms with van der Waals surface area (Å²) in [5.74, 6) is -3.37. The van der Waals surface area contributed by atoms with Gasteiger partial charge in [0.1, 0.15) is 12.7 Å². The highest BCUT2D eigenvalue weighted by atomic mass is 16.8. The van der Waals surface area contributed by atoms with Crippen LogP contribution in [0.3, 0.4) is 0 Å². The van der Waals surface area contributed by atoms with Gasteiger partial charge in [-0.05, 0) is 66.6 Å². The molecule has 320 valence electrons. The second-order valence-electron chi connectivity index (χ2n) is 16.5. The van der Waals surface area contributed by atoms with Crippen LogP contribution in [0.25, 0.3) is 0 Å². The van der Waals surface area contributed by atoms with Crippen LogP contribution in [0, 0.1) is 23.7 Å². The van der Waals surface area contributed by atoms with Gasteiger partial charge >= 0.3 is 18.1 Å². The Hall–Kier alpha value is -3.56. The Balaban J connectivity index is 1.90. The number of carbonyl (C=O) groups is 3. The Kier molecular flexibility index (Phi) is 16.1. The highest BCUT2D eigenvalue weighted by Crippen LogP contribution is 2.43. The lowest BCUT2D eigenvalue weighted by molar-refractivity contribution is -0.304. The minimum atomic E-state index is -1.37. The van der Waals surface area contributed by atoms with Crippen molar-refractivity contribution in [2.45, 2.75) is 148 Å². The first kappa shape index (κ1) is 46.1. The lowest BCUT2D eigenvalue weighted by atomic mass is 9.73. The lowest BCUT2D eigenvalue weighted by Gasteiger charge is -2.49. The maximum Gasteiger partial charge on any atom is 0.509 e. The van der Waals surface area contributed by atoms with Gasteiger partial charge in [-0.25, -0.2) is 4.79 Å². The van der Waals surface area contributed by atoms with Crippen LogP contribution < -0.4 is 0 Å². The topological polar surface area (TPSA) is 150 Å². The second kappa shape index (κ2) is 19.9. The molecule has 0 aromatic heterocycles. The summed E-state index contributed by atoms with van der Waals surface area (Å²) in [5.41, 5.74) is -0.994. The van der Waals surface area contributed by atoms with Crippen LogP contribution in [0.4, 0.5) is 4.79 Å². The number of fused-ring (bicyclic) bond motifs is 1. The summed E-state index contributed by atoms with van der Waals surface area (Å²) in [6.45, 7) is 20.6. The van der Waals surface area contributed by atoms with Gasteiger partial charge in [-0.3, -0.25) is 9.59 Å². The van der Waals surface area contributed by atoms with E-state index in [2.05, 4.69) is 6.58 Å². The minimum absolute atomic E-state index is 0.130. The molecule has 3 aliphatic heterocycles. The zero-order chi connectivity index (χ0) is 42.2. The van der Waals surface area contributed by atoms with Gasteiger partial charge in [0.05, 0.1) is 48.2 Å². The van der Waals surface area contributed by atoms with Gasteiger partial charge < -0.3 is 47.6 Å². The van der Waals surface area contributed by atoms with Gasteiger partial charge in [0, 0.05) is 31.8 Å². The Morgan fingerprint density at radius 2 is 1.72 bits per heavy atom. The van der Waals surface area contributed by atoms with E-state index in [9.17, 15) is 14.4 Å². The summed E-state index contributed by atoms with van der Waals surface area (Å²) in [6, 6.07) is 9.44. The van der Waals surface area contributed by atoms with Crippen LogP contribution >= 0.6 is 0 Å². The number of ether oxygens (including phenoxy) is 8. The average Bonchev–Trinajstić information content (AvgIpc) is 3.48. The van der Waals surface area contributed by atoms with E-state index >= 15 is 0 Å². The van der Waals surface area contributed by atoms with E-state index in [0.717, 1.165) is 5.56 Å². The van der Waals surface area contributed by atoms with Gasteiger partial charge in [0.15, 0.2) is 24.1 Å². The largest absolute Gasteiger partial charge is 0.509 e. The third-order valence-corrected chi connectivity index (χ3v) is 11.9. The number of carbonyl (C=O) groups excluding carboxylic acids is 3. The van der Waals surface area contributed by atoms with Crippen molar-refractivity contribution < 1.29 is 57.1 Å². The molecule has 0 N–H and O–H groups in total. The van der Waals surface area contributed by atoms with Crippen molar-refractivity contribution in [3.8, 4) is 0 Å². The second-order valence-corrected chi connectivity index (χ2v) is 16.5. The zero-order valence-electron chi connectivity index (χ0n) is 35.9. The van der Waals surface area contributed by atoms with E-state index in [1.165, 1.54) is 6.92 Å². The molecule has 0 amide bonds. The number of esters is 2. The molecular weight excluding hydrogens is 736 g/mol. The highest BCUT2D eigenvalue weighted by molar-refractivity contribution is 5.89. The fourth-order valence-corrected chi connectivity index (χ4v) is 8.91. The van der Waals surface area contributed by atoms with Crippen LogP contribution in [0.5, 0.6) is 0 Å². The number of hydrogen-bond acceptors (Lipinski definition) is 14. The molecular formula is C43H66N2O12. The molecule has 3 fully saturated rings. The fraction of sp³-hybridized carbons (Fsp3) is 0.721. The summed E-state index contributed by atoms with van der Waals surface area (Å²) < 4.78 is 50.5. The lowest BCUT2D eigenvalue weighted by Crippen LogP contribution is -2.61. The van der Waals surface area contributed by atoms with E-state index in [-0.39, 0.29) is 31.3 Å². The zero-order valence-corrected chi connectivity index (χ0v) is 35.9. The molecule has 0 spiro atoms. The van der Waals surface area contributed by atoms with Crippen molar-refractivity contribution in [1.82, 2.24) is 4.90 Å². The van der Waals surface area contributed by atoms with Gasteiger partial charge in [0.25, 0.3) is 0 Å². The molecule has 0 bridgehead atoms. The molecule has 57 heavy (non-hydrogen) atoms. The van der Waals surface area contributed by atoms with Crippen LogP contribution in [0.1, 0.15) is 87.1 Å². The number of rotatable bonds is 12. The Labute approximate surface area is 338 Å². The van der Waals surface area contributed by atoms with Gasteiger partial charge in [-0.15, -0.1) is 6.58 Å². The molecule has 3 saturated heterocycles. The van der Waals surface area contributed by atoms with Crippen LogP contribution in [0.15, 0.2) is 48.1 Å². The number of cyclic esters (lactones) is 1. The summed E-state index contributed by atoms with van der Waals surface area (Å²) in [6.07, 6.45) is -3.46. The molecule has 0 aliphatic carbocycles. The third kappa shape index (κ3) is 10.7. The van der Waals surface area contributed by atoms with Crippen molar-refractivity contribution in [3.63, 3.8) is 0 Å². The van der Waals surface area contributed by atoms with Crippen molar-refractivity contribution in [2.75, 3.05) is 27.8 Å². The number of hydrogen-bond donors (Lipinski definition) is 0. The fourth-order valence-electron chi connectivity index (χ4n) is 8.91. The first-order valence-corrected chi connectivity index (χ1v) is 20.2. The normalized spacial score (nSPS) is 38.6. The van der Waals surface area contributed by atoms with Gasteiger partial charge in [-0.2, -0.15) is 0 Å². The summed E-state index contributed by atoms with van der Waals surface area (Å²) in [5, 5.41) is 4.75. The highest BCUT2D eigenvalue weighted by Gasteiger charge is 2.59. The molecule has 1 aromatic rings. The number of nitrogens with zero attached hydrogens (tertiary/aromatic N) is 2. The summed E-state index contributed by atoms with van der Waals surface area (Å²) in [4.78, 5) is 47.9. The molecule has 0 unspecified atom stereocenters. The van der Waals surface area contributed by atoms with Crippen LogP contribution in [0.2, 0.25) is 0 Å². The van der Waals surface area contributed by atoms with Crippen LogP contribution in [-0.4, -0.2) is 117 Å². The first-order valence-electron chi connectivity index (χ1n) is 20.2. The number of likely N-dealkylation sites (N-methyl/N-ethyl adjacent to an activating group) is 1. The molecule has 1 aromatic carbocycles. The molecule has 0 saturated carbocycles. The standard InChI is InChI=1S/C43H66N2O12/c1-14-21-50-35-28(6)37(55-40-36(53-30(8)46)32(45(11)12)22-26(4)52-40)42(9,49-13)23-25(3)34(44-51-24-31-19-17-16-18-20-31)27(5)38-43(10,57-41(48)56-38)33(15-2)54-39(47)29(35)7/h14,16-20,25-29,32-33,35-38,40H,1,15,21-24H2,2-13H3/b44-34+/t25-,26-,27+,28+,29-,32+,33-,35+,36-,37-,38-,40+,42-,43-/m1/s1. The minimum Gasteiger partial charge on any atom is -0.458 e. The predicted molar refractivity (Wildman–Crippen MR) is 212 cm³/mol. The number of methoxy groups -OCH3 is 1. The van der Waals surface area contributed by atoms with E-state index in [4.69, 9.17) is 47.9 Å². The first-order chi connectivity index (χ1) is 26.9. The Morgan fingerprint density at radius 3 is 2.32 bits per heavy atom. The molecule has 0 radical (unpaired) electrons. The van der Waals surface area contributed by atoms with Crippen molar-refractivity contribution in [2.24, 2.45) is 28.8 Å². The van der Waals surface area contributed by atoms with E-state index < -0.39 is 83.9 Å². The summed E-state index contributed by atoms with van der Waals surface area (Å²) in [7, 11) is 5.46. The van der Waals surface area contributed by atoms with Gasteiger partial charge in [0.2, 0.25) is 0 Å². The molecule has 14 heteroatoms. The van der Waals surface area contributed by atoms with E-state index in [1.807, 2.05) is 90.9 Å². The van der Waals surface area contributed by atoms with Crippen LogP contribution in [-0.2, 0) is 58.9 Å². The predicted octanol–water partition coefficient (Wildman–Crippen LogP) is 6.48. The number of benzene rings is 1. The maximum atomic E-state index is 14.3. The number of oxime groups is 1. The Bertz CT molecular complexity index is 1540. The molecule has 3 aliphatic rings.